The summed E-state index contributed by atoms with van der Waals surface area (Å²) in [6.07, 6.45) is 9.08. The molecule has 0 amide bonds. The van der Waals surface area contributed by atoms with E-state index in [2.05, 4.69) is 29.7 Å². The summed E-state index contributed by atoms with van der Waals surface area (Å²) in [5, 5.41) is 0. The number of rotatable bonds is 3. The van der Waals surface area contributed by atoms with Gasteiger partial charge >= 0.3 is 0 Å². The van der Waals surface area contributed by atoms with Crippen molar-refractivity contribution in [3.63, 3.8) is 0 Å². The molecule has 1 fully saturated rings. The van der Waals surface area contributed by atoms with Crippen molar-refractivity contribution in [2.24, 2.45) is 0 Å². The Balaban J connectivity index is 1.47. The summed E-state index contributed by atoms with van der Waals surface area (Å²) < 4.78 is 0. The number of hydrogen-bond donors (Lipinski definition) is 0. The summed E-state index contributed by atoms with van der Waals surface area (Å²) in [6, 6.07) is 5.84. The molecule has 4 rings (SSSR count). The van der Waals surface area contributed by atoms with Gasteiger partial charge in [0.25, 0.3) is 0 Å². The molecule has 0 atom stereocenters. The van der Waals surface area contributed by atoms with Gasteiger partial charge in [0.05, 0.1) is 5.69 Å². The highest BCUT2D eigenvalue weighted by Crippen LogP contribution is 2.19. The molecule has 3 aromatic rings. The van der Waals surface area contributed by atoms with Gasteiger partial charge in [-0.05, 0) is 30.7 Å². The Morgan fingerprint density at radius 3 is 2.08 bits per heavy atom. The lowest BCUT2D eigenvalue weighted by atomic mass is 10.2. The summed E-state index contributed by atoms with van der Waals surface area (Å²) >= 11 is 0. The lowest BCUT2D eigenvalue weighted by molar-refractivity contribution is 0.628. The van der Waals surface area contributed by atoms with Crippen LogP contribution in [-0.2, 0) is 0 Å². The molecule has 3 aromatic heterocycles. The summed E-state index contributed by atoms with van der Waals surface area (Å²) in [4.78, 5) is 26.4. The highest BCUT2D eigenvalue weighted by atomic mass is 15.3. The van der Waals surface area contributed by atoms with E-state index in [1.54, 1.807) is 12.4 Å². The molecule has 1 aliphatic rings. The van der Waals surface area contributed by atoms with E-state index in [1.807, 2.05) is 43.7 Å². The van der Waals surface area contributed by atoms with Crippen LogP contribution in [0.15, 0.2) is 49.2 Å². The number of hydrogen-bond acceptors (Lipinski definition) is 7. The Morgan fingerprint density at radius 1 is 0.760 bits per heavy atom. The molecule has 25 heavy (non-hydrogen) atoms. The monoisotopic (exact) mass is 333 g/mol. The zero-order chi connectivity index (χ0) is 17.1. The van der Waals surface area contributed by atoms with Crippen molar-refractivity contribution in [1.82, 2.24) is 24.9 Å². The van der Waals surface area contributed by atoms with Crippen molar-refractivity contribution < 1.29 is 0 Å². The quantitative estimate of drug-likeness (QED) is 0.725. The molecule has 1 saturated heterocycles. The van der Waals surface area contributed by atoms with Crippen LogP contribution in [0.1, 0.15) is 5.56 Å². The van der Waals surface area contributed by atoms with Crippen molar-refractivity contribution in [1.29, 1.82) is 0 Å². The van der Waals surface area contributed by atoms with E-state index in [-0.39, 0.29) is 0 Å². The van der Waals surface area contributed by atoms with Crippen molar-refractivity contribution in [3.05, 3.63) is 54.7 Å². The van der Waals surface area contributed by atoms with Gasteiger partial charge in [-0.2, -0.15) is 0 Å². The second-order valence-corrected chi connectivity index (χ2v) is 6.01. The topological polar surface area (TPSA) is 70.9 Å². The van der Waals surface area contributed by atoms with Gasteiger partial charge in [-0.1, -0.05) is 0 Å². The zero-order valence-corrected chi connectivity index (χ0v) is 14.1. The lowest BCUT2D eigenvalue weighted by Gasteiger charge is -2.34. The van der Waals surface area contributed by atoms with E-state index in [0.29, 0.717) is 0 Å². The second-order valence-electron chi connectivity index (χ2n) is 6.01. The Morgan fingerprint density at radius 2 is 1.40 bits per heavy atom. The molecular formula is C18H19N7. The second kappa shape index (κ2) is 6.80. The number of nitrogens with zero attached hydrogens (tertiary/aromatic N) is 7. The van der Waals surface area contributed by atoms with Crippen LogP contribution in [-0.4, -0.2) is 51.1 Å². The van der Waals surface area contributed by atoms with E-state index in [9.17, 15) is 0 Å². The third-order valence-corrected chi connectivity index (χ3v) is 4.23. The maximum Gasteiger partial charge on any atom is 0.225 e. The SMILES string of the molecule is Cc1cnc(N2CCN(c3nccc(-c4ccncc4)n3)CC2)nc1. The maximum atomic E-state index is 4.71. The van der Waals surface area contributed by atoms with Crippen LogP contribution >= 0.6 is 0 Å². The molecular weight excluding hydrogens is 314 g/mol. The number of piperazine rings is 1. The van der Waals surface area contributed by atoms with Crippen molar-refractivity contribution >= 4 is 11.9 Å². The van der Waals surface area contributed by atoms with Crippen molar-refractivity contribution in [2.75, 3.05) is 36.0 Å². The number of aromatic nitrogens is 5. The molecule has 1 aliphatic heterocycles. The fraction of sp³-hybridized carbons (Fsp3) is 0.278. The van der Waals surface area contributed by atoms with Gasteiger partial charge in [0.1, 0.15) is 0 Å². The third-order valence-electron chi connectivity index (χ3n) is 4.23. The van der Waals surface area contributed by atoms with Crippen molar-refractivity contribution in [3.8, 4) is 11.3 Å². The Bertz CT molecular complexity index is 828. The van der Waals surface area contributed by atoms with Gasteiger partial charge in [-0.15, -0.1) is 0 Å². The first-order chi connectivity index (χ1) is 12.3. The Labute approximate surface area is 146 Å². The van der Waals surface area contributed by atoms with E-state index < -0.39 is 0 Å². The highest BCUT2D eigenvalue weighted by Gasteiger charge is 2.21. The van der Waals surface area contributed by atoms with Gasteiger partial charge in [0.2, 0.25) is 11.9 Å². The normalized spacial score (nSPS) is 14.6. The summed E-state index contributed by atoms with van der Waals surface area (Å²) in [5.41, 5.74) is 3.03. The predicted molar refractivity (Wildman–Crippen MR) is 96.5 cm³/mol. The van der Waals surface area contributed by atoms with Crippen LogP contribution in [0.2, 0.25) is 0 Å². The van der Waals surface area contributed by atoms with Crippen LogP contribution < -0.4 is 9.80 Å². The first kappa shape index (κ1) is 15.4. The minimum absolute atomic E-state index is 0.763. The summed E-state index contributed by atoms with van der Waals surface area (Å²) in [6.45, 7) is 5.39. The van der Waals surface area contributed by atoms with E-state index >= 15 is 0 Å². The first-order valence-electron chi connectivity index (χ1n) is 8.31. The van der Waals surface area contributed by atoms with Gasteiger partial charge in [0.15, 0.2) is 0 Å². The molecule has 0 aliphatic carbocycles. The minimum atomic E-state index is 0.763. The van der Waals surface area contributed by atoms with Gasteiger partial charge < -0.3 is 9.80 Å². The van der Waals surface area contributed by atoms with Crippen LogP contribution in [0.25, 0.3) is 11.3 Å². The van der Waals surface area contributed by atoms with E-state index in [0.717, 1.165) is 54.9 Å². The molecule has 0 bridgehead atoms. The van der Waals surface area contributed by atoms with Gasteiger partial charge in [-0.3, -0.25) is 4.98 Å². The fourth-order valence-electron chi connectivity index (χ4n) is 2.84. The third kappa shape index (κ3) is 3.40. The Kier molecular flexibility index (Phi) is 4.20. The average Bonchev–Trinajstić information content (AvgIpc) is 2.70. The molecule has 4 heterocycles. The summed E-state index contributed by atoms with van der Waals surface area (Å²) in [7, 11) is 0. The van der Waals surface area contributed by atoms with Gasteiger partial charge in [-0.25, -0.2) is 19.9 Å². The molecule has 0 saturated carbocycles. The lowest BCUT2D eigenvalue weighted by Crippen LogP contribution is -2.47. The average molecular weight is 333 g/mol. The summed E-state index contributed by atoms with van der Waals surface area (Å²) in [5.74, 6) is 1.55. The minimum Gasteiger partial charge on any atom is -0.337 e. The number of pyridine rings is 1. The first-order valence-corrected chi connectivity index (χ1v) is 8.31. The number of aryl methyl sites for hydroxylation is 1. The predicted octanol–water partition coefficient (Wildman–Crippen LogP) is 1.96. The van der Waals surface area contributed by atoms with Crippen LogP contribution in [0.3, 0.4) is 0 Å². The Hall–Kier alpha value is -3.09. The van der Waals surface area contributed by atoms with Gasteiger partial charge in [0, 0.05) is 62.7 Å². The fourth-order valence-corrected chi connectivity index (χ4v) is 2.84. The number of anilines is 2. The molecule has 0 spiro atoms. The van der Waals surface area contributed by atoms with Crippen LogP contribution in [0.4, 0.5) is 11.9 Å². The molecule has 126 valence electrons. The van der Waals surface area contributed by atoms with E-state index in [4.69, 9.17) is 4.98 Å². The highest BCUT2D eigenvalue weighted by molar-refractivity contribution is 5.59. The maximum absolute atomic E-state index is 4.71. The molecule has 0 aromatic carbocycles. The largest absolute Gasteiger partial charge is 0.337 e. The molecule has 0 N–H and O–H groups in total. The molecule has 7 nitrogen and oxygen atoms in total. The van der Waals surface area contributed by atoms with E-state index in [1.165, 1.54) is 0 Å². The van der Waals surface area contributed by atoms with Crippen molar-refractivity contribution in [2.45, 2.75) is 6.92 Å². The molecule has 7 heteroatoms. The van der Waals surface area contributed by atoms with Crippen LogP contribution in [0.5, 0.6) is 0 Å². The zero-order valence-electron chi connectivity index (χ0n) is 14.1. The standard InChI is InChI=1S/C18H19N7/c1-14-12-21-17(22-13-14)24-8-10-25(11-9-24)18-20-7-4-16(23-18)15-2-5-19-6-3-15/h2-7,12-13H,8-11H2,1H3. The molecule has 0 radical (unpaired) electrons. The molecule has 0 unspecified atom stereocenters. The van der Waals surface area contributed by atoms with Crippen LogP contribution in [0, 0.1) is 6.92 Å². The smallest absolute Gasteiger partial charge is 0.225 e.